The van der Waals surface area contributed by atoms with Gasteiger partial charge in [-0.1, -0.05) is 35.9 Å². The van der Waals surface area contributed by atoms with Crippen molar-refractivity contribution in [2.45, 2.75) is 12.7 Å². The van der Waals surface area contributed by atoms with Gasteiger partial charge in [-0.3, -0.25) is 20.4 Å². The number of nitrogens with one attached hydrogen (secondary N) is 2. The lowest BCUT2D eigenvalue weighted by Gasteiger charge is -2.08. The summed E-state index contributed by atoms with van der Waals surface area (Å²) in [6.07, 6.45) is -4.51. The van der Waals surface area contributed by atoms with E-state index in [2.05, 4.69) is 26.3 Å². The fraction of sp³-hybridized carbons (Fsp3) is 0.118. The van der Waals surface area contributed by atoms with E-state index in [1.807, 2.05) is 0 Å². The fourth-order valence-corrected chi connectivity index (χ4v) is 2.49. The predicted molar refractivity (Wildman–Crippen MR) is 95.3 cm³/mol. The number of benzene rings is 2. The molecule has 0 unspecified atom stereocenters. The third-order valence-electron chi connectivity index (χ3n) is 3.62. The van der Waals surface area contributed by atoms with Crippen LogP contribution in [0.2, 0.25) is 5.02 Å². The molecule has 0 saturated carbocycles. The van der Waals surface area contributed by atoms with Gasteiger partial charge in [-0.25, -0.2) is 0 Å². The monoisotopic (exact) mass is 424 g/mol. The first-order valence-electron chi connectivity index (χ1n) is 8.03. The van der Waals surface area contributed by atoms with E-state index in [-0.39, 0.29) is 22.0 Å². The molecule has 0 aliphatic rings. The third-order valence-corrected chi connectivity index (χ3v) is 3.95. The van der Waals surface area contributed by atoms with Crippen molar-refractivity contribution in [3.05, 3.63) is 64.7 Å². The molecule has 2 aromatic carbocycles. The van der Waals surface area contributed by atoms with Crippen LogP contribution in [0.1, 0.15) is 15.9 Å². The number of hydrogen-bond acceptors (Lipinski definition) is 5. The summed E-state index contributed by atoms with van der Waals surface area (Å²) in [6.45, 7) is -0.422. The van der Waals surface area contributed by atoms with E-state index < -0.39 is 30.1 Å². The third kappa shape index (κ3) is 5.08. The van der Waals surface area contributed by atoms with Crippen LogP contribution in [0.25, 0.3) is 11.4 Å². The van der Waals surface area contributed by atoms with E-state index in [0.717, 1.165) is 16.9 Å². The van der Waals surface area contributed by atoms with Gasteiger partial charge in [0, 0.05) is 5.56 Å². The average Bonchev–Trinajstić information content (AvgIpc) is 3.14. The lowest BCUT2D eigenvalue weighted by Crippen LogP contribution is -2.43. The standard InChI is InChI=1S/C17H12ClF3N6O2/c18-13-7-2-1-6-12(13)16(29)24-22-14(28)9-27-25-15(23-26-27)10-4-3-5-11(8-10)17(19,20)21/h1-8H,9H2,(H,22,28)(H,24,29). The van der Waals surface area contributed by atoms with Crippen LogP contribution in [0, 0.1) is 0 Å². The highest BCUT2D eigenvalue weighted by molar-refractivity contribution is 6.33. The zero-order valence-electron chi connectivity index (χ0n) is 14.4. The van der Waals surface area contributed by atoms with E-state index >= 15 is 0 Å². The maximum Gasteiger partial charge on any atom is 0.416 e. The molecule has 1 aromatic heterocycles. The molecular weight excluding hydrogens is 413 g/mol. The van der Waals surface area contributed by atoms with Crippen molar-refractivity contribution in [2.75, 3.05) is 0 Å². The number of tetrazole rings is 1. The van der Waals surface area contributed by atoms with Crippen molar-refractivity contribution in [2.24, 2.45) is 0 Å². The first kappa shape index (κ1) is 20.3. The highest BCUT2D eigenvalue weighted by Crippen LogP contribution is 2.31. The molecule has 3 aromatic rings. The maximum atomic E-state index is 12.8. The molecule has 0 aliphatic heterocycles. The Balaban J connectivity index is 1.61. The number of halogens is 4. The van der Waals surface area contributed by atoms with Crippen molar-refractivity contribution in [3.63, 3.8) is 0 Å². The number of rotatable bonds is 4. The number of amides is 2. The number of nitrogens with zero attached hydrogens (tertiary/aromatic N) is 4. The van der Waals surface area contributed by atoms with Crippen LogP contribution < -0.4 is 10.9 Å². The molecule has 0 bridgehead atoms. The lowest BCUT2D eigenvalue weighted by molar-refractivity contribution is -0.137. The largest absolute Gasteiger partial charge is 0.416 e. The molecule has 2 amide bonds. The summed E-state index contributed by atoms with van der Waals surface area (Å²) in [5, 5.41) is 11.4. The summed E-state index contributed by atoms with van der Waals surface area (Å²) >= 11 is 5.89. The Morgan fingerprint density at radius 2 is 1.83 bits per heavy atom. The minimum atomic E-state index is -4.51. The van der Waals surface area contributed by atoms with E-state index in [1.165, 1.54) is 24.3 Å². The molecule has 2 N–H and O–H groups in total. The van der Waals surface area contributed by atoms with Gasteiger partial charge in [-0.05, 0) is 29.5 Å². The van der Waals surface area contributed by atoms with Crippen LogP contribution in [0.4, 0.5) is 13.2 Å². The van der Waals surface area contributed by atoms with Gasteiger partial charge in [0.05, 0.1) is 16.1 Å². The van der Waals surface area contributed by atoms with Gasteiger partial charge >= 0.3 is 6.18 Å². The van der Waals surface area contributed by atoms with Gasteiger partial charge in [-0.2, -0.15) is 18.0 Å². The van der Waals surface area contributed by atoms with Crippen molar-refractivity contribution in [1.82, 2.24) is 31.1 Å². The summed E-state index contributed by atoms with van der Waals surface area (Å²) < 4.78 is 38.4. The van der Waals surface area contributed by atoms with E-state index in [0.29, 0.717) is 0 Å². The maximum absolute atomic E-state index is 12.8. The van der Waals surface area contributed by atoms with Gasteiger partial charge in [0.1, 0.15) is 6.54 Å². The summed E-state index contributed by atoms with van der Waals surface area (Å²) in [5.74, 6) is -1.39. The van der Waals surface area contributed by atoms with Crippen molar-refractivity contribution >= 4 is 23.4 Å². The smallest absolute Gasteiger partial charge is 0.271 e. The zero-order chi connectivity index (χ0) is 21.0. The summed E-state index contributed by atoms with van der Waals surface area (Å²) in [4.78, 5) is 24.8. The summed E-state index contributed by atoms with van der Waals surface area (Å²) in [6, 6.07) is 10.7. The first-order valence-corrected chi connectivity index (χ1v) is 8.41. The molecule has 0 aliphatic carbocycles. The molecule has 0 spiro atoms. The fourth-order valence-electron chi connectivity index (χ4n) is 2.27. The number of hydrazine groups is 1. The minimum Gasteiger partial charge on any atom is -0.271 e. The van der Waals surface area contributed by atoms with Crippen LogP contribution in [0.15, 0.2) is 48.5 Å². The SMILES string of the molecule is O=C(Cn1nnc(-c2cccc(C(F)(F)F)c2)n1)NNC(=O)c1ccccc1Cl. The van der Waals surface area contributed by atoms with Gasteiger partial charge in [0.25, 0.3) is 11.8 Å². The van der Waals surface area contributed by atoms with Crippen LogP contribution in [0.5, 0.6) is 0 Å². The van der Waals surface area contributed by atoms with Crippen LogP contribution in [-0.4, -0.2) is 32.0 Å². The van der Waals surface area contributed by atoms with Crippen LogP contribution in [0.3, 0.4) is 0 Å². The number of aromatic nitrogens is 4. The molecule has 3 rings (SSSR count). The Bertz CT molecular complexity index is 1050. The Labute approximate surface area is 166 Å². The highest BCUT2D eigenvalue weighted by atomic mass is 35.5. The number of hydrogen-bond donors (Lipinski definition) is 2. The average molecular weight is 425 g/mol. The van der Waals surface area contributed by atoms with Crippen molar-refractivity contribution in [3.8, 4) is 11.4 Å². The van der Waals surface area contributed by atoms with Crippen molar-refractivity contribution in [1.29, 1.82) is 0 Å². The normalized spacial score (nSPS) is 11.2. The number of alkyl halides is 3. The Morgan fingerprint density at radius 3 is 2.55 bits per heavy atom. The predicted octanol–water partition coefficient (Wildman–Crippen LogP) is 2.47. The molecule has 8 nitrogen and oxygen atoms in total. The molecule has 0 fully saturated rings. The number of carbonyl (C=O) groups is 2. The molecule has 0 atom stereocenters. The van der Waals surface area contributed by atoms with Gasteiger partial charge in [0.15, 0.2) is 0 Å². The molecule has 1 heterocycles. The van der Waals surface area contributed by atoms with Gasteiger partial charge < -0.3 is 0 Å². The second kappa shape index (κ2) is 8.27. The molecule has 12 heteroatoms. The molecule has 0 saturated heterocycles. The Hall–Kier alpha value is -3.47. The number of carbonyl (C=O) groups excluding carboxylic acids is 2. The Kier molecular flexibility index (Phi) is 5.78. The van der Waals surface area contributed by atoms with Crippen molar-refractivity contribution < 1.29 is 22.8 Å². The topological polar surface area (TPSA) is 102 Å². The lowest BCUT2D eigenvalue weighted by atomic mass is 10.1. The quantitative estimate of drug-likeness (QED) is 0.626. The van der Waals surface area contributed by atoms with Crippen LogP contribution in [-0.2, 0) is 17.5 Å². The van der Waals surface area contributed by atoms with Gasteiger partial charge in [-0.15, -0.1) is 10.2 Å². The van der Waals surface area contributed by atoms with Crippen LogP contribution >= 0.6 is 11.6 Å². The molecule has 150 valence electrons. The Morgan fingerprint density at radius 1 is 1.07 bits per heavy atom. The van der Waals surface area contributed by atoms with E-state index in [4.69, 9.17) is 11.6 Å². The summed E-state index contributed by atoms with van der Waals surface area (Å²) in [5.41, 5.74) is 3.75. The summed E-state index contributed by atoms with van der Waals surface area (Å²) in [7, 11) is 0. The van der Waals surface area contributed by atoms with E-state index in [1.54, 1.807) is 12.1 Å². The molecular formula is C17H12ClF3N6O2. The molecule has 29 heavy (non-hydrogen) atoms. The molecule has 0 radical (unpaired) electrons. The highest BCUT2D eigenvalue weighted by Gasteiger charge is 2.30. The first-order chi connectivity index (χ1) is 13.7. The minimum absolute atomic E-state index is 0.0796. The zero-order valence-corrected chi connectivity index (χ0v) is 15.2. The van der Waals surface area contributed by atoms with E-state index in [9.17, 15) is 22.8 Å². The second-order valence-corrected chi connectivity index (χ2v) is 6.11. The second-order valence-electron chi connectivity index (χ2n) is 5.70. The van der Waals surface area contributed by atoms with Gasteiger partial charge in [0.2, 0.25) is 5.82 Å².